The smallest absolute Gasteiger partial charge is 0.302 e. The first-order valence-electron chi connectivity index (χ1n) is 6.94. The molecule has 1 aliphatic rings. The van der Waals surface area contributed by atoms with Gasteiger partial charge in [0.2, 0.25) is 4.93 Å². The zero-order valence-corrected chi connectivity index (χ0v) is 14.2. The molecule has 0 bridgehead atoms. The van der Waals surface area contributed by atoms with Crippen LogP contribution in [-0.4, -0.2) is 42.3 Å². The van der Waals surface area contributed by atoms with E-state index >= 15 is 0 Å². The molecule has 7 heteroatoms. The van der Waals surface area contributed by atoms with Crippen LogP contribution in [0.5, 0.6) is 0 Å². The first-order chi connectivity index (χ1) is 9.47. The average molecular weight is 321 g/mol. The highest BCUT2D eigenvalue weighted by atomic mass is 32.2. The van der Waals surface area contributed by atoms with Gasteiger partial charge in [0.05, 0.1) is 5.60 Å². The van der Waals surface area contributed by atoms with Gasteiger partial charge < -0.3 is 15.5 Å². The average Bonchev–Trinajstić information content (AvgIpc) is 2.32. The van der Waals surface area contributed by atoms with Crippen molar-refractivity contribution >= 4 is 10.1 Å². The molecule has 1 aliphatic carbocycles. The molecule has 0 amide bonds. The number of hydrogen-bond acceptors (Lipinski definition) is 6. The Labute approximate surface area is 127 Å². The first kappa shape index (κ1) is 20.1. The fourth-order valence-electron chi connectivity index (χ4n) is 1.44. The molecule has 0 aromatic rings. The molecule has 3 N–H and O–H groups in total. The molecule has 21 heavy (non-hydrogen) atoms. The molecule has 0 heterocycles. The minimum absolute atomic E-state index is 0.0735. The summed E-state index contributed by atoms with van der Waals surface area (Å²) in [5.41, 5.74) is -0.911. The number of allylic oxidation sites excluding steroid dienone is 1. The van der Waals surface area contributed by atoms with Crippen LogP contribution in [-0.2, 0) is 14.3 Å². The molecule has 6 nitrogen and oxygen atoms in total. The van der Waals surface area contributed by atoms with Crippen LogP contribution in [0.1, 0.15) is 41.0 Å². The topological polar surface area (TPSA) is 95.9 Å². The van der Waals surface area contributed by atoms with E-state index < -0.39 is 20.7 Å². The Hall–Kier alpha value is -0.890. The van der Waals surface area contributed by atoms with Crippen LogP contribution in [0.15, 0.2) is 24.0 Å². The standard InChI is InChI=1S/C10H16O5S.C4H11N/c1-9(2,3)15-16(13,14)10(12)6-4-8(11)5-7-10;1-3-5-4-2/h4-6,11-12H,7H2,1-3H3;5H,3-4H2,1-2H3. The maximum atomic E-state index is 11.8. The zero-order chi connectivity index (χ0) is 16.7. The molecule has 0 radical (unpaired) electrons. The van der Waals surface area contributed by atoms with Crippen LogP contribution in [0, 0.1) is 0 Å². The Kier molecular flexibility index (Phi) is 7.60. The molecule has 0 saturated heterocycles. The van der Waals surface area contributed by atoms with E-state index in [2.05, 4.69) is 19.2 Å². The lowest BCUT2D eigenvalue weighted by Crippen LogP contribution is -2.42. The van der Waals surface area contributed by atoms with Gasteiger partial charge in [0.25, 0.3) is 0 Å². The van der Waals surface area contributed by atoms with Gasteiger partial charge in [-0.05, 0) is 52.1 Å². The van der Waals surface area contributed by atoms with Crippen LogP contribution < -0.4 is 5.32 Å². The molecule has 124 valence electrons. The van der Waals surface area contributed by atoms with Crippen molar-refractivity contribution in [3.63, 3.8) is 0 Å². The third kappa shape index (κ3) is 7.08. The molecule has 0 aliphatic heterocycles. The van der Waals surface area contributed by atoms with Gasteiger partial charge in [-0.15, -0.1) is 0 Å². The summed E-state index contributed by atoms with van der Waals surface area (Å²) in [4.78, 5) is -2.10. The predicted octanol–water partition coefficient (Wildman–Crippen LogP) is 1.84. The maximum absolute atomic E-state index is 11.8. The van der Waals surface area contributed by atoms with Crippen molar-refractivity contribution in [3.05, 3.63) is 24.0 Å². The highest BCUT2D eigenvalue weighted by Crippen LogP contribution is 2.30. The molecule has 1 rings (SSSR count). The Morgan fingerprint density at radius 2 is 1.86 bits per heavy atom. The summed E-state index contributed by atoms with van der Waals surface area (Å²) in [6.07, 6.45) is 3.15. The van der Waals surface area contributed by atoms with Gasteiger partial charge in [-0.25, -0.2) is 0 Å². The van der Waals surface area contributed by atoms with Crippen LogP contribution in [0.3, 0.4) is 0 Å². The lowest BCUT2D eigenvalue weighted by atomic mass is 10.1. The van der Waals surface area contributed by atoms with E-state index in [1.807, 2.05) is 0 Å². The van der Waals surface area contributed by atoms with Gasteiger partial charge in [0, 0.05) is 6.42 Å². The van der Waals surface area contributed by atoms with Crippen LogP contribution in [0.2, 0.25) is 0 Å². The summed E-state index contributed by atoms with van der Waals surface area (Å²) < 4.78 is 28.5. The van der Waals surface area contributed by atoms with Gasteiger partial charge in [-0.1, -0.05) is 13.8 Å². The van der Waals surface area contributed by atoms with E-state index in [0.29, 0.717) is 0 Å². The van der Waals surface area contributed by atoms with Crippen LogP contribution in [0.4, 0.5) is 0 Å². The van der Waals surface area contributed by atoms with Crippen molar-refractivity contribution in [3.8, 4) is 0 Å². The molecule has 0 spiro atoms. The van der Waals surface area contributed by atoms with Crippen molar-refractivity contribution in [1.29, 1.82) is 0 Å². The summed E-state index contributed by atoms with van der Waals surface area (Å²) >= 11 is 0. The molecule has 0 aromatic carbocycles. The monoisotopic (exact) mass is 321 g/mol. The quantitative estimate of drug-likeness (QED) is 0.684. The van der Waals surface area contributed by atoms with Gasteiger partial charge in [0.15, 0.2) is 0 Å². The summed E-state index contributed by atoms with van der Waals surface area (Å²) in [6.45, 7) is 11.1. The van der Waals surface area contributed by atoms with E-state index in [9.17, 15) is 13.5 Å². The highest BCUT2D eigenvalue weighted by Gasteiger charge is 2.43. The summed E-state index contributed by atoms with van der Waals surface area (Å²) in [6, 6.07) is 0. The summed E-state index contributed by atoms with van der Waals surface area (Å²) in [5.74, 6) is -0.0735. The zero-order valence-electron chi connectivity index (χ0n) is 13.4. The molecule has 1 atom stereocenters. The number of nitrogens with one attached hydrogen (secondary N) is 1. The Morgan fingerprint density at radius 3 is 2.14 bits per heavy atom. The number of hydrogen-bond donors (Lipinski definition) is 3. The van der Waals surface area contributed by atoms with Crippen molar-refractivity contribution in [2.24, 2.45) is 0 Å². The second-order valence-electron chi connectivity index (χ2n) is 5.62. The highest BCUT2D eigenvalue weighted by molar-refractivity contribution is 7.88. The van der Waals surface area contributed by atoms with Crippen LogP contribution >= 0.6 is 0 Å². The second kappa shape index (κ2) is 7.93. The number of aliphatic hydroxyl groups is 2. The molecular weight excluding hydrogens is 294 g/mol. The Balaban J connectivity index is 0.000000690. The van der Waals surface area contributed by atoms with Gasteiger partial charge in [-0.3, -0.25) is 4.18 Å². The molecule has 0 aromatic heterocycles. The van der Waals surface area contributed by atoms with Crippen molar-refractivity contribution in [2.75, 3.05) is 13.1 Å². The predicted molar refractivity (Wildman–Crippen MR) is 83.4 cm³/mol. The third-order valence-corrected chi connectivity index (χ3v) is 4.30. The third-order valence-electron chi connectivity index (χ3n) is 2.41. The summed E-state index contributed by atoms with van der Waals surface area (Å²) in [5, 5.41) is 22.1. The lowest BCUT2D eigenvalue weighted by molar-refractivity contribution is 0.0955. The fourth-order valence-corrected chi connectivity index (χ4v) is 2.76. The van der Waals surface area contributed by atoms with Gasteiger partial charge in [-0.2, -0.15) is 8.42 Å². The first-order valence-corrected chi connectivity index (χ1v) is 8.35. The Morgan fingerprint density at radius 1 is 1.33 bits per heavy atom. The largest absolute Gasteiger partial charge is 0.508 e. The van der Waals surface area contributed by atoms with Gasteiger partial charge in [0.1, 0.15) is 5.76 Å². The fraction of sp³-hybridized carbons (Fsp3) is 0.714. The number of rotatable bonds is 4. The van der Waals surface area contributed by atoms with Crippen molar-refractivity contribution in [2.45, 2.75) is 51.6 Å². The molecule has 1 unspecified atom stereocenters. The van der Waals surface area contributed by atoms with E-state index in [0.717, 1.165) is 25.2 Å². The van der Waals surface area contributed by atoms with Gasteiger partial charge >= 0.3 is 10.1 Å². The summed E-state index contributed by atoms with van der Waals surface area (Å²) in [7, 11) is -4.15. The second-order valence-corrected chi connectivity index (χ2v) is 7.40. The normalized spacial score (nSPS) is 22.3. The van der Waals surface area contributed by atoms with Crippen molar-refractivity contribution in [1.82, 2.24) is 5.32 Å². The molecule has 0 fully saturated rings. The lowest BCUT2D eigenvalue weighted by Gasteiger charge is -2.29. The minimum Gasteiger partial charge on any atom is -0.508 e. The van der Waals surface area contributed by atoms with Crippen molar-refractivity contribution < 1.29 is 22.8 Å². The van der Waals surface area contributed by atoms with E-state index in [1.54, 1.807) is 20.8 Å². The maximum Gasteiger partial charge on any atom is 0.302 e. The number of aliphatic hydroxyl groups excluding tert-OH is 1. The van der Waals surface area contributed by atoms with E-state index in [-0.39, 0.29) is 12.2 Å². The minimum atomic E-state index is -4.15. The van der Waals surface area contributed by atoms with E-state index in [4.69, 9.17) is 9.29 Å². The Bertz CT molecular complexity index is 474. The molecular formula is C14H27NO5S. The SMILES string of the molecule is CC(C)(C)OS(=O)(=O)C1(O)C=CC(O)=CC1.CCNCC. The molecule has 0 saturated carbocycles. The van der Waals surface area contributed by atoms with E-state index in [1.165, 1.54) is 6.08 Å². The van der Waals surface area contributed by atoms with Crippen LogP contribution in [0.25, 0.3) is 0 Å².